The molecule has 1 heterocycles. The molecule has 18 heavy (non-hydrogen) atoms. The summed E-state index contributed by atoms with van der Waals surface area (Å²) < 4.78 is 6.23. The van der Waals surface area contributed by atoms with E-state index in [1.807, 2.05) is 22.6 Å². The maximum atomic E-state index is 10.9. The van der Waals surface area contributed by atoms with Crippen molar-refractivity contribution >= 4 is 40.2 Å². The second kappa shape index (κ2) is 5.49. The number of aromatic carboxylic acids is 1. The van der Waals surface area contributed by atoms with Crippen LogP contribution in [0.1, 0.15) is 10.4 Å². The minimum atomic E-state index is -1.02. The predicted molar refractivity (Wildman–Crippen MR) is 73.2 cm³/mol. The molecule has 0 atom stereocenters. The lowest BCUT2D eigenvalue weighted by atomic mass is 10.2. The lowest BCUT2D eigenvalue weighted by Crippen LogP contribution is -1.98. The Hall–Kier alpha value is -1.41. The van der Waals surface area contributed by atoms with Crippen molar-refractivity contribution in [1.29, 1.82) is 0 Å². The second-order valence-electron chi connectivity index (χ2n) is 3.23. The Morgan fingerprint density at radius 3 is 2.89 bits per heavy atom. The molecular weight excluding hydrogens is 370 g/mol. The number of halogens is 2. The molecule has 2 rings (SSSR count). The molecule has 7 heteroatoms. The highest BCUT2D eigenvalue weighted by molar-refractivity contribution is 14.1. The van der Waals surface area contributed by atoms with E-state index in [1.165, 1.54) is 24.7 Å². The number of carboxylic acids is 1. The van der Waals surface area contributed by atoms with Crippen molar-refractivity contribution < 1.29 is 14.6 Å². The minimum absolute atomic E-state index is 0.135. The minimum Gasteiger partial charge on any atom is -0.478 e. The molecule has 0 unspecified atom stereocenters. The molecule has 1 aromatic carbocycles. The fourth-order valence-corrected chi connectivity index (χ4v) is 1.78. The number of benzene rings is 1. The lowest BCUT2D eigenvalue weighted by molar-refractivity contribution is 0.0696. The normalized spacial score (nSPS) is 10.1. The molecule has 92 valence electrons. The van der Waals surface area contributed by atoms with Gasteiger partial charge in [0.2, 0.25) is 5.88 Å². The summed E-state index contributed by atoms with van der Waals surface area (Å²) in [7, 11) is 0. The molecular formula is C11H6ClIN2O3. The number of nitrogens with zero attached hydrogens (tertiary/aromatic N) is 2. The predicted octanol–water partition coefficient (Wildman–Crippen LogP) is 3.23. The number of carbonyl (C=O) groups is 1. The molecule has 0 radical (unpaired) electrons. The van der Waals surface area contributed by atoms with Crippen molar-refractivity contribution in [1.82, 2.24) is 9.97 Å². The summed E-state index contributed by atoms with van der Waals surface area (Å²) >= 11 is 7.89. The molecule has 1 N–H and O–H groups in total. The number of carboxylic acid groups (broad SMARTS) is 1. The number of rotatable bonds is 3. The van der Waals surface area contributed by atoms with Gasteiger partial charge >= 0.3 is 5.97 Å². The highest BCUT2D eigenvalue weighted by Crippen LogP contribution is 2.30. The van der Waals surface area contributed by atoms with E-state index >= 15 is 0 Å². The molecule has 0 bridgehead atoms. The van der Waals surface area contributed by atoms with Crippen molar-refractivity contribution in [3.8, 4) is 11.6 Å². The lowest BCUT2D eigenvalue weighted by Gasteiger charge is -2.08. The van der Waals surface area contributed by atoms with Gasteiger partial charge in [-0.25, -0.2) is 14.8 Å². The molecule has 1 aromatic heterocycles. The first-order valence-corrected chi connectivity index (χ1v) is 6.20. The third-order valence-electron chi connectivity index (χ3n) is 2.02. The Bertz CT molecular complexity index is 607. The molecule has 0 saturated carbocycles. The first-order valence-electron chi connectivity index (χ1n) is 4.74. The smallest absolute Gasteiger partial charge is 0.335 e. The zero-order valence-corrected chi connectivity index (χ0v) is 11.7. The van der Waals surface area contributed by atoms with Crippen molar-refractivity contribution in [3.63, 3.8) is 0 Å². The average Bonchev–Trinajstić information content (AvgIpc) is 2.34. The van der Waals surface area contributed by atoms with Crippen LogP contribution in [0.3, 0.4) is 0 Å². The third-order valence-corrected chi connectivity index (χ3v) is 3.17. The van der Waals surface area contributed by atoms with E-state index < -0.39 is 5.97 Å². The van der Waals surface area contributed by atoms with Gasteiger partial charge in [0.1, 0.15) is 17.1 Å². The van der Waals surface area contributed by atoms with Crippen molar-refractivity contribution in [2.24, 2.45) is 0 Å². The zero-order valence-electron chi connectivity index (χ0n) is 8.80. The van der Waals surface area contributed by atoms with Gasteiger partial charge in [-0.1, -0.05) is 11.6 Å². The van der Waals surface area contributed by atoms with Gasteiger partial charge in [-0.2, -0.15) is 0 Å². The molecule has 0 amide bonds. The van der Waals surface area contributed by atoms with Crippen LogP contribution in [0.2, 0.25) is 5.02 Å². The molecule has 0 aliphatic rings. The van der Waals surface area contributed by atoms with Gasteiger partial charge < -0.3 is 9.84 Å². The fraction of sp³-hybridized carbons (Fsp3) is 0. The first kappa shape index (κ1) is 13.0. The van der Waals surface area contributed by atoms with E-state index in [0.29, 0.717) is 5.75 Å². The molecule has 0 aliphatic heterocycles. The Kier molecular flexibility index (Phi) is 3.97. The second-order valence-corrected chi connectivity index (χ2v) is 4.80. The van der Waals surface area contributed by atoms with Crippen LogP contribution in [-0.2, 0) is 0 Å². The van der Waals surface area contributed by atoms with Crippen molar-refractivity contribution in [2.45, 2.75) is 0 Å². The largest absolute Gasteiger partial charge is 0.478 e. The number of hydrogen-bond donors (Lipinski definition) is 1. The maximum Gasteiger partial charge on any atom is 0.335 e. The molecule has 2 aromatic rings. The molecule has 0 saturated heterocycles. The van der Waals surface area contributed by atoms with E-state index in [2.05, 4.69) is 9.97 Å². The summed E-state index contributed by atoms with van der Waals surface area (Å²) in [6.07, 6.45) is 2.70. The molecule has 0 spiro atoms. The van der Waals surface area contributed by atoms with E-state index in [-0.39, 0.29) is 16.5 Å². The third kappa shape index (κ3) is 2.88. The Balaban J connectivity index is 2.37. The van der Waals surface area contributed by atoms with Gasteiger partial charge in [0.05, 0.1) is 15.3 Å². The molecule has 0 aliphatic carbocycles. The zero-order chi connectivity index (χ0) is 13.1. The van der Waals surface area contributed by atoms with Gasteiger partial charge in [-0.15, -0.1) is 0 Å². The quantitative estimate of drug-likeness (QED) is 0.833. The highest BCUT2D eigenvalue weighted by Gasteiger charge is 2.11. The van der Waals surface area contributed by atoms with Crippen LogP contribution in [0, 0.1) is 3.57 Å². The van der Waals surface area contributed by atoms with Gasteiger partial charge in [0.25, 0.3) is 0 Å². The number of hydrogen-bond acceptors (Lipinski definition) is 4. The first-order chi connectivity index (χ1) is 8.58. The van der Waals surface area contributed by atoms with Crippen LogP contribution in [0.15, 0.2) is 30.7 Å². The van der Waals surface area contributed by atoms with E-state index in [9.17, 15) is 4.79 Å². The number of aromatic nitrogens is 2. The van der Waals surface area contributed by atoms with E-state index in [0.717, 1.165) is 3.57 Å². The van der Waals surface area contributed by atoms with Crippen LogP contribution in [0.5, 0.6) is 11.6 Å². The van der Waals surface area contributed by atoms with Crippen LogP contribution in [-0.4, -0.2) is 21.0 Å². The fourth-order valence-electron chi connectivity index (χ4n) is 1.20. The summed E-state index contributed by atoms with van der Waals surface area (Å²) in [6, 6.07) is 4.57. The topological polar surface area (TPSA) is 72.3 Å². The van der Waals surface area contributed by atoms with Crippen LogP contribution >= 0.6 is 34.2 Å². The Morgan fingerprint density at radius 1 is 1.44 bits per heavy atom. The summed E-state index contributed by atoms with van der Waals surface area (Å²) in [5.74, 6) is -0.451. The van der Waals surface area contributed by atoms with Gasteiger partial charge in [0.15, 0.2) is 0 Å². The van der Waals surface area contributed by atoms with E-state index in [4.69, 9.17) is 21.4 Å². The van der Waals surface area contributed by atoms with Gasteiger partial charge in [-0.3, -0.25) is 0 Å². The summed E-state index contributed by atoms with van der Waals surface area (Å²) in [4.78, 5) is 18.5. The van der Waals surface area contributed by atoms with Crippen LogP contribution in [0.4, 0.5) is 0 Å². The maximum absolute atomic E-state index is 10.9. The SMILES string of the molecule is O=C(O)c1ccc(I)c(Oc2ncncc2Cl)c1. The number of ether oxygens (including phenoxy) is 1. The highest BCUT2D eigenvalue weighted by atomic mass is 127. The van der Waals surface area contributed by atoms with Gasteiger partial charge in [-0.05, 0) is 40.8 Å². The van der Waals surface area contributed by atoms with Crippen molar-refractivity contribution in [2.75, 3.05) is 0 Å². The standard InChI is InChI=1S/C11H6ClIN2O3/c12-7-4-14-5-15-10(7)18-9-3-6(11(16)17)1-2-8(9)13/h1-5H,(H,16,17). The van der Waals surface area contributed by atoms with Crippen LogP contribution in [0.25, 0.3) is 0 Å². The Labute approximate surface area is 121 Å². The molecule has 0 fully saturated rings. The average molecular weight is 377 g/mol. The molecule has 5 nitrogen and oxygen atoms in total. The van der Waals surface area contributed by atoms with Crippen LogP contribution < -0.4 is 4.74 Å². The van der Waals surface area contributed by atoms with Gasteiger partial charge in [0, 0.05) is 0 Å². The Morgan fingerprint density at radius 2 is 2.22 bits per heavy atom. The monoisotopic (exact) mass is 376 g/mol. The van der Waals surface area contributed by atoms with E-state index in [1.54, 1.807) is 6.07 Å². The summed E-state index contributed by atoms with van der Waals surface area (Å²) in [5.41, 5.74) is 0.135. The summed E-state index contributed by atoms with van der Waals surface area (Å²) in [5, 5.41) is 9.17. The summed E-state index contributed by atoms with van der Waals surface area (Å²) in [6.45, 7) is 0. The van der Waals surface area contributed by atoms with Crippen molar-refractivity contribution in [3.05, 3.63) is 44.9 Å².